The van der Waals surface area contributed by atoms with Gasteiger partial charge in [-0.05, 0) is 45.1 Å². The lowest BCUT2D eigenvalue weighted by Crippen LogP contribution is -2.53. The molecule has 4 nitrogen and oxygen atoms in total. The van der Waals surface area contributed by atoms with Crippen molar-refractivity contribution in [3.05, 3.63) is 29.6 Å². The molecule has 0 N–H and O–H groups in total. The Balaban J connectivity index is 0.000000704. The molecule has 2 aliphatic rings. The summed E-state index contributed by atoms with van der Waals surface area (Å²) in [7, 11) is 4.06. The van der Waals surface area contributed by atoms with Crippen molar-refractivity contribution in [3.8, 4) is 0 Å². The van der Waals surface area contributed by atoms with Crippen LogP contribution in [0.15, 0.2) is 18.3 Å². The van der Waals surface area contributed by atoms with Crippen LogP contribution in [0.2, 0.25) is 0 Å². The van der Waals surface area contributed by atoms with E-state index in [1.54, 1.807) is 0 Å². The number of carbonyl (C=O) groups is 1. The van der Waals surface area contributed by atoms with E-state index in [9.17, 15) is 4.79 Å². The van der Waals surface area contributed by atoms with Crippen LogP contribution in [0.1, 0.15) is 42.7 Å². The second-order valence-corrected chi connectivity index (χ2v) is 5.64. The maximum absolute atomic E-state index is 12.2. The Hall–Kier alpha value is -1.42. The highest BCUT2D eigenvalue weighted by atomic mass is 16.2. The van der Waals surface area contributed by atoms with Gasteiger partial charge in [-0.15, -0.1) is 0 Å². The van der Waals surface area contributed by atoms with Gasteiger partial charge in [-0.25, -0.2) is 0 Å². The number of nitrogens with zero attached hydrogens (tertiary/aromatic N) is 3. The summed E-state index contributed by atoms with van der Waals surface area (Å²) in [6.45, 7) is 6.97. The molecule has 1 spiro atoms. The SMILES string of the molecule is CC.CN1CCC2(CC1)CN(C)C(=O)c1cccnc12. The standard InChI is InChI=1S/C14H19N3O.C2H6/c1-16-8-5-14(6-9-16)10-17(2)13(18)11-4-3-7-15-12(11)14;1-2/h3-4,7H,5-6,8-10H2,1-2H3;1-2H3. The molecule has 3 rings (SSSR count). The fraction of sp³-hybridized carbons (Fsp3) is 0.625. The lowest BCUT2D eigenvalue weighted by atomic mass is 9.71. The quantitative estimate of drug-likeness (QED) is 0.728. The number of carbonyl (C=O) groups excluding carboxylic acids is 1. The van der Waals surface area contributed by atoms with E-state index in [-0.39, 0.29) is 11.3 Å². The minimum Gasteiger partial charge on any atom is -0.341 e. The number of aromatic nitrogens is 1. The lowest BCUT2D eigenvalue weighted by molar-refractivity contribution is 0.0650. The van der Waals surface area contributed by atoms with Gasteiger partial charge >= 0.3 is 0 Å². The van der Waals surface area contributed by atoms with Crippen LogP contribution in [-0.4, -0.2) is 54.4 Å². The molecular weight excluding hydrogens is 250 g/mol. The number of hydrogen-bond donors (Lipinski definition) is 0. The van der Waals surface area contributed by atoms with Crippen molar-refractivity contribution in [2.45, 2.75) is 32.1 Å². The van der Waals surface area contributed by atoms with Crippen LogP contribution in [0, 0.1) is 0 Å². The van der Waals surface area contributed by atoms with E-state index >= 15 is 0 Å². The van der Waals surface area contributed by atoms with Crippen LogP contribution in [0.4, 0.5) is 0 Å². The topological polar surface area (TPSA) is 36.4 Å². The molecule has 1 amide bonds. The van der Waals surface area contributed by atoms with Gasteiger partial charge in [-0.3, -0.25) is 9.78 Å². The maximum Gasteiger partial charge on any atom is 0.255 e. The second kappa shape index (κ2) is 5.92. The third-order valence-corrected chi connectivity index (χ3v) is 4.37. The van der Waals surface area contributed by atoms with Crippen molar-refractivity contribution in [1.82, 2.24) is 14.8 Å². The van der Waals surface area contributed by atoms with Gasteiger partial charge in [0.2, 0.25) is 0 Å². The summed E-state index contributed by atoms with van der Waals surface area (Å²) in [6, 6.07) is 3.78. The summed E-state index contributed by atoms with van der Waals surface area (Å²) in [5.74, 6) is 0.114. The summed E-state index contributed by atoms with van der Waals surface area (Å²) in [5, 5.41) is 0. The molecule has 0 unspecified atom stereocenters. The van der Waals surface area contributed by atoms with E-state index in [2.05, 4.69) is 16.9 Å². The maximum atomic E-state index is 12.2. The first-order valence-corrected chi connectivity index (χ1v) is 7.52. The van der Waals surface area contributed by atoms with E-state index < -0.39 is 0 Å². The highest BCUT2D eigenvalue weighted by molar-refractivity contribution is 5.96. The summed E-state index contributed by atoms with van der Waals surface area (Å²) in [6.07, 6.45) is 3.99. The van der Waals surface area contributed by atoms with E-state index in [0.717, 1.165) is 43.7 Å². The molecule has 0 radical (unpaired) electrons. The molecule has 1 aromatic heterocycles. The predicted molar refractivity (Wildman–Crippen MR) is 81.0 cm³/mol. The Morgan fingerprint density at radius 2 is 1.85 bits per heavy atom. The van der Waals surface area contributed by atoms with Crippen molar-refractivity contribution in [2.75, 3.05) is 33.7 Å². The molecule has 2 aliphatic heterocycles. The molecule has 1 aromatic rings. The van der Waals surface area contributed by atoms with Crippen molar-refractivity contribution in [3.63, 3.8) is 0 Å². The van der Waals surface area contributed by atoms with Crippen LogP contribution >= 0.6 is 0 Å². The molecule has 0 atom stereocenters. The zero-order chi connectivity index (χ0) is 14.8. The van der Waals surface area contributed by atoms with Gasteiger partial charge in [0.15, 0.2) is 0 Å². The van der Waals surface area contributed by atoms with Crippen LogP contribution in [0.5, 0.6) is 0 Å². The molecule has 4 heteroatoms. The van der Waals surface area contributed by atoms with Crippen LogP contribution in [0.25, 0.3) is 0 Å². The Kier molecular flexibility index (Phi) is 4.43. The van der Waals surface area contributed by atoms with E-state index in [1.807, 2.05) is 44.1 Å². The van der Waals surface area contributed by atoms with Gasteiger partial charge in [-0.2, -0.15) is 0 Å². The molecule has 0 bridgehead atoms. The Morgan fingerprint density at radius 3 is 2.50 bits per heavy atom. The second-order valence-electron chi connectivity index (χ2n) is 5.64. The average molecular weight is 275 g/mol. The molecule has 0 saturated carbocycles. The summed E-state index contributed by atoms with van der Waals surface area (Å²) >= 11 is 0. The number of rotatable bonds is 0. The third-order valence-electron chi connectivity index (χ3n) is 4.37. The first-order valence-electron chi connectivity index (χ1n) is 7.52. The molecule has 110 valence electrons. The highest BCUT2D eigenvalue weighted by Gasteiger charge is 2.44. The lowest BCUT2D eigenvalue weighted by Gasteiger charge is -2.45. The van der Waals surface area contributed by atoms with E-state index in [0.29, 0.717) is 0 Å². The van der Waals surface area contributed by atoms with Crippen LogP contribution in [-0.2, 0) is 5.41 Å². The van der Waals surface area contributed by atoms with Crippen LogP contribution < -0.4 is 0 Å². The van der Waals surface area contributed by atoms with Gasteiger partial charge in [0.25, 0.3) is 5.91 Å². The fourth-order valence-electron chi connectivity index (χ4n) is 3.25. The zero-order valence-corrected chi connectivity index (χ0v) is 13.0. The van der Waals surface area contributed by atoms with Crippen molar-refractivity contribution < 1.29 is 4.79 Å². The number of pyridine rings is 1. The largest absolute Gasteiger partial charge is 0.341 e. The van der Waals surface area contributed by atoms with Crippen molar-refractivity contribution in [2.24, 2.45) is 0 Å². The average Bonchev–Trinajstić information content (AvgIpc) is 2.50. The molecule has 0 aliphatic carbocycles. The first-order chi connectivity index (χ1) is 9.62. The summed E-state index contributed by atoms with van der Waals surface area (Å²) in [4.78, 5) is 20.9. The number of amides is 1. The molecule has 20 heavy (non-hydrogen) atoms. The third kappa shape index (κ3) is 2.44. The molecular formula is C16H25N3O. The van der Waals surface area contributed by atoms with Crippen molar-refractivity contribution >= 4 is 5.91 Å². The van der Waals surface area contributed by atoms with Gasteiger partial charge in [0.05, 0.1) is 11.3 Å². The number of likely N-dealkylation sites (N-methyl/N-ethyl adjacent to an activating group) is 1. The van der Waals surface area contributed by atoms with E-state index in [1.165, 1.54) is 0 Å². The number of likely N-dealkylation sites (tertiary alicyclic amines) is 1. The minimum atomic E-state index is 0.0752. The Labute approximate surface area is 121 Å². The van der Waals surface area contributed by atoms with Crippen LogP contribution in [0.3, 0.4) is 0 Å². The van der Waals surface area contributed by atoms with Gasteiger partial charge in [0, 0.05) is 25.2 Å². The van der Waals surface area contributed by atoms with Gasteiger partial charge < -0.3 is 9.80 Å². The number of hydrogen-bond acceptors (Lipinski definition) is 3. The zero-order valence-electron chi connectivity index (χ0n) is 13.0. The van der Waals surface area contributed by atoms with E-state index in [4.69, 9.17) is 0 Å². The molecule has 3 heterocycles. The first kappa shape index (κ1) is 15.0. The summed E-state index contributed by atoms with van der Waals surface area (Å²) in [5.41, 5.74) is 1.91. The number of piperidine rings is 1. The Morgan fingerprint density at radius 1 is 1.20 bits per heavy atom. The molecule has 1 saturated heterocycles. The normalized spacial score (nSPS) is 21.2. The monoisotopic (exact) mass is 275 g/mol. The van der Waals surface area contributed by atoms with Gasteiger partial charge in [0.1, 0.15) is 0 Å². The molecule has 0 aromatic carbocycles. The summed E-state index contributed by atoms with van der Waals surface area (Å²) < 4.78 is 0. The smallest absolute Gasteiger partial charge is 0.255 e. The fourth-order valence-corrected chi connectivity index (χ4v) is 3.25. The predicted octanol–water partition coefficient (Wildman–Crippen LogP) is 2.16. The minimum absolute atomic E-state index is 0.0752. The Bertz CT molecular complexity index is 478. The van der Waals surface area contributed by atoms with Crippen molar-refractivity contribution in [1.29, 1.82) is 0 Å². The molecule has 1 fully saturated rings. The highest BCUT2D eigenvalue weighted by Crippen LogP contribution is 2.39. The number of fused-ring (bicyclic) bond motifs is 2. The van der Waals surface area contributed by atoms with Gasteiger partial charge in [-0.1, -0.05) is 13.8 Å².